The highest BCUT2D eigenvalue weighted by molar-refractivity contribution is 6.32. The largest absolute Gasteiger partial charge is 0.294 e. The van der Waals surface area contributed by atoms with Gasteiger partial charge in [-0.15, -0.1) is 0 Å². The van der Waals surface area contributed by atoms with E-state index in [9.17, 15) is 4.79 Å². The van der Waals surface area contributed by atoms with Gasteiger partial charge in [-0.05, 0) is 29.3 Å². The van der Waals surface area contributed by atoms with Gasteiger partial charge in [-0.3, -0.25) is 4.79 Å². The summed E-state index contributed by atoms with van der Waals surface area (Å²) in [5.74, 6) is 0.143. The molecule has 0 amide bonds. The molecule has 0 saturated heterocycles. The molecule has 12 heavy (non-hydrogen) atoms. The minimum atomic E-state index is 0.143. The third kappa shape index (κ3) is 1.16. The van der Waals surface area contributed by atoms with Crippen molar-refractivity contribution in [1.82, 2.24) is 0 Å². The van der Waals surface area contributed by atoms with Gasteiger partial charge in [0.1, 0.15) is 0 Å². The van der Waals surface area contributed by atoms with Crippen molar-refractivity contribution in [1.29, 1.82) is 0 Å². The van der Waals surface area contributed by atoms with Gasteiger partial charge in [0.15, 0.2) is 5.78 Å². The van der Waals surface area contributed by atoms with Crippen LogP contribution in [-0.4, -0.2) is 5.78 Å². The highest BCUT2D eigenvalue weighted by atomic mass is 35.5. The number of allylic oxidation sites excluding steroid dienone is 1. The van der Waals surface area contributed by atoms with Crippen LogP contribution in [0, 0.1) is 0 Å². The van der Waals surface area contributed by atoms with E-state index in [1.54, 1.807) is 12.2 Å². The van der Waals surface area contributed by atoms with Crippen molar-refractivity contribution in [3.8, 4) is 0 Å². The molecule has 1 aromatic rings. The number of benzene rings is 1. The molecule has 0 aliphatic heterocycles. The fourth-order valence-electron chi connectivity index (χ4n) is 1.35. The zero-order valence-electron chi connectivity index (χ0n) is 6.38. The van der Waals surface area contributed by atoms with Crippen LogP contribution >= 0.6 is 11.6 Å². The van der Waals surface area contributed by atoms with Gasteiger partial charge >= 0.3 is 0 Å². The van der Waals surface area contributed by atoms with Crippen LogP contribution in [0.25, 0.3) is 6.08 Å². The predicted molar refractivity (Wildman–Crippen MR) is 49.2 cm³/mol. The smallest absolute Gasteiger partial charge is 0.160 e. The van der Waals surface area contributed by atoms with E-state index in [0.29, 0.717) is 6.42 Å². The molecule has 2 rings (SSSR count). The topological polar surface area (TPSA) is 17.1 Å². The fraction of sp³-hybridized carbons (Fsp3) is 0.100. The molecule has 1 aliphatic rings. The van der Waals surface area contributed by atoms with Crippen LogP contribution in [-0.2, 0) is 11.2 Å². The van der Waals surface area contributed by atoms with Gasteiger partial charge in [0.25, 0.3) is 0 Å². The van der Waals surface area contributed by atoms with Crippen LogP contribution in [0.1, 0.15) is 11.1 Å². The summed E-state index contributed by atoms with van der Waals surface area (Å²) in [5, 5.41) is 0.719. The lowest BCUT2D eigenvalue weighted by Gasteiger charge is -2.09. The molecule has 0 aromatic heterocycles. The van der Waals surface area contributed by atoms with Crippen molar-refractivity contribution >= 4 is 23.5 Å². The van der Waals surface area contributed by atoms with E-state index in [0.717, 1.165) is 16.1 Å². The highest BCUT2D eigenvalue weighted by Crippen LogP contribution is 2.24. The summed E-state index contributed by atoms with van der Waals surface area (Å²) in [5.41, 5.74) is 2.01. The Morgan fingerprint density at radius 1 is 1.25 bits per heavy atom. The summed E-state index contributed by atoms with van der Waals surface area (Å²) in [4.78, 5) is 11.0. The number of halogens is 1. The van der Waals surface area contributed by atoms with E-state index in [-0.39, 0.29) is 5.78 Å². The molecular formula is C10H7ClO. The maximum absolute atomic E-state index is 11.0. The molecule has 0 heterocycles. The molecule has 1 nitrogen and oxygen atoms in total. The van der Waals surface area contributed by atoms with Crippen LogP contribution in [0.2, 0.25) is 5.02 Å². The van der Waals surface area contributed by atoms with E-state index in [1.165, 1.54) is 0 Å². The lowest BCUT2D eigenvalue weighted by Crippen LogP contribution is -2.05. The second-order valence-electron chi connectivity index (χ2n) is 2.79. The summed E-state index contributed by atoms with van der Waals surface area (Å²) < 4.78 is 0. The normalized spacial score (nSPS) is 14.6. The summed E-state index contributed by atoms with van der Waals surface area (Å²) >= 11 is 5.93. The first-order valence-electron chi connectivity index (χ1n) is 3.75. The second kappa shape index (κ2) is 2.76. The maximum Gasteiger partial charge on any atom is 0.160 e. The standard InChI is InChI=1S/C10H7ClO/c11-10-3-1-2-7-6-8(12)4-5-9(7)10/h1-5H,6H2. The van der Waals surface area contributed by atoms with Gasteiger partial charge in [0, 0.05) is 11.4 Å². The Bertz CT molecular complexity index is 366. The van der Waals surface area contributed by atoms with Crippen molar-refractivity contribution in [3.05, 3.63) is 40.4 Å². The third-order valence-corrected chi connectivity index (χ3v) is 2.27. The Labute approximate surface area is 75.7 Å². The third-order valence-electron chi connectivity index (χ3n) is 1.94. The van der Waals surface area contributed by atoms with Crippen LogP contribution in [0.15, 0.2) is 24.3 Å². The van der Waals surface area contributed by atoms with Gasteiger partial charge in [0.05, 0.1) is 0 Å². The molecule has 2 heteroatoms. The van der Waals surface area contributed by atoms with Crippen molar-refractivity contribution in [2.75, 3.05) is 0 Å². The van der Waals surface area contributed by atoms with Gasteiger partial charge in [-0.2, -0.15) is 0 Å². The molecule has 0 unspecified atom stereocenters. The van der Waals surface area contributed by atoms with Crippen molar-refractivity contribution in [2.45, 2.75) is 6.42 Å². The summed E-state index contributed by atoms with van der Waals surface area (Å²) in [7, 11) is 0. The molecule has 0 spiro atoms. The quantitative estimate of drug-likeness (QED) is 0.597. The van der Waals surface area contributed by atoms with Crippen LogP contribution in [0.5, 0.6) is 0 Å². The van der Waals surface area contributed by atoms with Gasteiger partial charge in [-0.1, -0.05) is 23.7 Å². The SMILES string of the molecule is O=C1C=Cc2c(Cl)cccc2C1. The Hall–Kier alpha value is -1.08. The van der Waals surface area contributed by atoms with Crippen LogP contribution in [0.4, 0.5) is 0 Å². The Kier molecular flexibility index (Phi) is 1.74. The second-order valence-corrected chi connectivity index (χ2v) is 3.20. The first-order valence-corrected chi connectivity index (χ1v) is 4.13. The fourth-order valence-corrected chi connectivity index (χ4v) is 1.60. The number of hydrogen-bond donors (Lipinski definition) is 0. The Morgan fingerprint density at radius 3 is 2.92 bits per heavy atom. The molecule has 0 saturated carbocycles. The van der Waals surface area contributed by atoms with Gasteiger partial charge < -0.3 is 0 Å². The number of rotatable bonds is 0. The van der Waals surface area contributed by atoms with Crippen LogP contribution < -0.4 is 0 Å². The number of carbonyl (C=O) groups excluding carboxylic acids is 1. The molecule has 0 atom stereocenters. The molecule has 0 bridgehead atoms. The minimum absolute atomic E-state index is 0.143. The van der Waals surface area contributed by atoms with Crippen molar-refractivity contribution in [3.63, 3.8) is 0 Å². The zero-order valence-corrected chi connectivity index (χ0v) is 7.14. The lowest BCUT2D eigenvalue weighted by atomic mass is 9.97. The summed E-state index contributed by atoms with van der Waals surface area (Å²) in [6, 6.07) is 5.64. The average Bonchev–Trinajstić information content (AvgIpc) is 2.04. The molecular weight excluding hydrogens is 172 g/mol. The summed E-state index contributed by atoms with van der Waals surface area (Å²) in [6.07, 6.45) is 3.84. The lowest BCUT2D eigenvalue weighted by molar-refractivity contribution is -0.114. The highest BCUT2D eigenvalue weighted by Gasteiger charge is 2.11. The predicted octanol–water partition coefficient (Wildman–Crippen LogP) is 2.48. The van der Waals surface area contributed by atoms with Gasteiger partial charge in [-0.25, -0.2) is 0 Å². The number of hydrogen-bond acceptors (Lipinski definition) is 1. The maximum atomic E-state index is 11.0. The van der Waals surface area contributed by atoms with E-state index in [1.807, 2.05) is 18.2 Å². The molecule has 1 aliphatic carbocycles. The monoisotopic (exact) mass is 178 g/mol. The average molecular weight is 179 g/mol. The number of carbonyl (C=O) groups is 1. The van der Waals surface area contributed by atoms with Gasteiger partial charge in [0.2, 0.25) is 0 Å². The van der Waals surface area contributed by atoms with E-state index in [2.05, 4.69) is 0 Å². The van der Waals surface area contributed by atoms with Crippen LogP contribution in [0.3, 0.4) is 0 Å². The minimum Gasteiger partial charge on any atom is -0.294 e. The molecule has 0 radical (unpaired) electrons. The molecule has 0 N–H and O–H groups in total. The first kappa shape index (κ1) is 7.56. The molecule has 60 valence electrons. The first-order chi connectivity index (χ1) is 5.77. The number of ketones is 1. The molecule has 1 aromatic carbocycles. The van der Waals surface area contributed by atoms with E-state index < -0.39 is 0 Å². The van der Waals surface area contributed by atoms with Crippen molar-refractivity contribution < 1.29 is 4.79 Å². The summed E-state index contributed by atoms with van der Waals surface area (Å²) in [6.45, 7) is 0. The van der Waals surface area contributed by atoms with E-state index >= 15 is 0 Å². The number of fused-ring (bicyclic) bond motifs is 1. The van der Waals surface area contributed by atoms with Crippen molar-refractivity contribution in [2.24, 2.45) is 0 Å². The molecule has 0 fully saturated rings. The zero-order chi connectivity index (χ0) is 8.55. The Balaban J connectivity index is 2.60. The Morgan fingerprint density at radius 2 is 2.08 bits per heavy atom. The van der Waals surface area contributed by atoms with E-state index in [4.69, 9.17) is 11.6 Å².